The number of carbonyl (C=O) groups excluding carboxylic acids is 1. The molecule has 1 aliphatic rings. The molecular weight excluding hydrogens is 471 g/mol. The Morgan fingerprint density at radius 2 is 1.86 bits per heavy atom. The van der Waals surface area contributed by atoms with E-state index in [1.807, 2.05) is 6.92 Å². The Hall–Kier alpha value is -4.15. The molecule has 1 fully saturated rings. The second kappa shape index (κ2) is 9.48. The average molecular weight is 493 g/mol. The predicted octanol–water partition coefficient (Wildman–Crippen LogP) is 4.75. The quantitative estimate of drug-likeness (QED) is 0.369. The van der Waals surface area contributed by atoms with Crippen LogP contribution >= 0.6 is 0 Å². The number of halogens is 3. The highest BCUT2D eigenvalue weighted by atomic mass is 19.4. The summed E-state index contributed by atoms with van der Waals surface area (Å²) in [6.45, 7) is 2.37. The fourth-order valence-electron chi connectivity index (χ4n) is 3.98. The standard InChI is InChI=1S/C25H22F3N7O/c1-16(22-32-15-33-35(22)24-30-8-3-9-31-24)34(14-17-6-7-17)23(36)20-10-19(12-29-13-20)18-4-2-5-21(11-18)25(26,27)28/h2-5,8-13,15-17H,6-7,14H2,1H3. The van der Waals surface area contributed by atoms with Gasteiger partial charge in [0.1, 0.15) is 6.33 Å². The van der Waals surface area contributed by atoms with Crippen LogP contribution in [0.5, 0.6) is 0 Å². The Labute approximate surface area is 204 Å². The first-order valence-electron chi connectivity index (χ1n) is 11.4. The summed E-state index contributed by atoms with van der Waals surface area (Å²) in [6.07, 6.45) is 5.03. The highest BCUT2D eigenvalue weighted by Gasteiger charge is 2.33. The largest absolute Gasteiger partial charge is 0.416 e. The lowest BCUT2D eigenvalue weighted by Gasteiger charge is -2.29. The van der Waals surface area contributed by atoms with Crippen molar-refractivity contribution in [3.63, 3.8) is 0 Å². The van der Waals surface area contributed by atoms with Crippen molar-refractivity contribution in [2.45, 2.75) is 32.0 Å². The molecule has 5 rings (SSSR count). The summed E-state index contributed by atoms with van der Waals surface area (Å²) in [5, 5.41) is 4.24. The van der Waals surface area contributed by atoms with E-state index < -0.39 is 17.8 Å². The van der Waals surface area contributed by atoms with E-state index in [0.29, 0.717) is 35.4 Å². The van der Waals surface area contributed by atoms with Gasteiger partial charge < -0.3 is 4.90 Å². The van der Waals surface area contributed by atoms with Gasteiger partial charge in [0, 0.05) is 36.9 Å². The Kier molecular flexibility index (Phi) is 6.21. The maximum absolute atomic E-state index is 13.7. The molecule has 1 saturated carbocycles. The van der Waals surface area contributed by atoms with Gasteiger partial charge in [-0.05, 0) is 55.5 Å². The van der Waals surface area contributed by atoms with Gasteiger partial charge in [0.05, 0.1) is 17.2 Å². The Morgan fingerprint density at radius 3 is 2.58 bits per heavy atom. The minimum atomic E-state index is -4.47. The van der Waals surface area contributed by atoms with Crippen molar-refractivity contribution in [1.29, 1.82) is 0 Å². The van der Waals surface area contributed by atoms with Gasteiger partial charge in [-0.1, -0.05) is 12.1 Å². The van der Waals surface area contributed by atoms with Gasteiger partial charge in [-0.25, -0.2) is 15.0 Å². The first-order chi connectivity index (χ1) is 17.3. The number of amides is 1. The highest BCUT2D eigenvalue weighted by molar-refractivity contribution is 5.95. The maximum Gasteiger partial charge on any atom is 0.416 e. The molecule has 1 aliphatic carbocycles. The monoisotopic (exact) mass is 493 g/mol. The molecule has 1 atom stereocenters. The van der Waals surface area contributed by atoms with Crippen molar-refractivity contribution in [3.05, 3.63) is 84.5 Å². The van der Waals surface area contributed by atoms with E-state index in [-0.39, 0.29) is 11.5 Å². The third kappa shape index (κ3) is 4.95. The van der Waals surface area contributed by atoms with Crippen LogP contribution < -0.4 is 0 Å². The lowest BCUT2D eigenvalue weighted by Crippen LogP contribution is -2.36. The van der Waals surface area contributed by atoms with Crippen LogP contribution in [0, 0.1) is 5.92 Å². The summed E-state index contributed by atoms with van der Waals surface area (Å²) in [6, 6.07) is 7.76. The SMILES string of the molecule is CC(c1ncnn1-c1ncccn1)N(CC1CC1)C(=O)c1cncc(-c2cccc(C(F)(F)F)c2)c1. The van der Waals surface area contributed by atoms with Crippen LogP contribution in [0.3, 0.4) is 0 Å². The van der Waals surface area contributed by atoms with Gasteiger partial charge in [-0.2, -0.15) is 23.0 Å². The van der Waals surface area contributed by atoms with E-state index in [1.54, 1.807) is 35.5 Å². The molecule has 11 heteroatoms. The fourth-order valence-corrected chi connectivity index (χ4v) is 3.98. The van der Waals surface area contributed by atoms with Gasteiger partial charge >= 0.3 is 6.18 Å². The summed E-state index contributed by atoms with van der Waals surface area (Å²) in [5.74, 6) is 0.917. The molecule has 3 aromatic heterocycles. The van der Waals surface area contributed by atoms with Crippen LogP contribution in [0.15, 0.2) is 67.5 Å². The van der Waals surface area contributed by atoms with Crippen molar-refractivity contribution in [3.8, 4) is 17.1 Å². The Bertz CT molecular complexity index is 1370. The zero-order chi connectivity index (χ0) is 25.3. The van der Waals surface area contributed by atoms with Crippen LogP contribution in [0.2, 0.25) is 0 Å². The number of aromatic nitrogens is 6. The highest BCUT2D eigenvalue weighted by Crippen LogP contribution is 2.35. The van der Waals surface area contributed by atoms with E-state index in [1.165, 1.54) is 29.5 Å². The zero-order valence-corrected chi connectivity index (χ0v) is 19.3. The molecule has 0 aliphatic heterocycles. The molecule has 1 aromatic carbocycles. The second-order valence-corrected chi connectivity index (χ2v) is 8.70. The molecule has 0 saturated heterocycles. The van der Waals surface area contributed by atoms with Crippen molar-refractivity contribution in [1.82, 2.24) is 34.6 Å². The number of nitrogens with zero attached hydrogens (tertiary/aromatic N) is 7. The van der Waals surface area contributed by atoms with Gasteiger partial charge in [-0.3, -0.25) is 9.78 Å². The first kappa shape index (κ1) is 23.6. The minimum absolute atomic E-state index is 0.277. The van der Waals surface area contributed by atoms with Crippen molar-refractivity contribution in [2.24, 2.45) is 5.92 Å². The smallest absolute Gasteiger partial charge is 0.328 e. The number of carbonyl (C=O) groups is 1. The molecule has 4 aromatic rings. The number of hydrogen-bond acceptors (Lipinski definition) is 6. The number of pyridine rings is 1. The van der Waals surface area contributed by atoms with Crippen LogP contribution in [-0.2, 0) is 6.18 Å². The Morgan fingerprint density at radius 1 is 1.08 bits per heavy atom. The van der Waals surface area contributed by atoms with E-state index in [9.17, 15) is 18.0 Å². The summed E-state index contributed by atoms with van der Waals surface area (Å²) >= 11 is 0. The van der Waals surface area contributed by atoms with E-state index in [0.717, 1.165) is 25.0 Å². The maximum atomic E-state index is 13.7. The summed E-state index contributed by atoms with van der Waals surface area (Å²) in [5.41, 5.74) is 0.268. The van der Waals surface area contributed by atoms with Gasteiger partial charge in [0.15, 0.2) is 5.82 Å². The zero-order valence-electron chi connectivity index (χ0n) is 19.3. The third-order valence-electron chi connectivity index (χ3n) is 6.08. The molecule has 0 N–H and O–H groups in total. The van der Waals surface area contributed by atoms with Gasteiger partial charge in [0.25, 0.3) is 11.9 Å². The third-order valence-corrected chi connectivity index (χ3v) is 6.08. The van der Waals surface area contributed by atoms with Crippen molar-refractivity contribution >= 4 is 5.91 Å². The predicted molar refractivity (Wildman–Crippen MR) is 124 cm³/mol. The minimum Gasteiger partial charge on any atom is -0.328 e. The van der Waals surface area contributed by atoms with Crippen LogP contribution in [-0.4, -0.2) is 47.1 Å². The molecule has 0 bridgehead atoms. The lowest BCUT2D eigenvalue weighted by molar-refractivity contribution is -0.137. The van der Waals surface area contributed by atoms with Gasteiger partial charge in [-0.15, -0.1) is 0 Å². The van der Waals surface area contributed by atoms with Crippen LogP contribution in [0.1, 0.15) is 47.6 Å². The molecule has 36 heavy (non-hydrogen) atoms. The Balaban J connectivity index is 1.47. The molecule has 0 radical (unpaired) electrons. The normalized spacial score (nSPS) is 14.4. The van der Waals surface area contributed by atoms with Crippen molar-refractivity contribution < 1.29 is 18.0 Å². The summed E-state index contributed by atoms with van der Waals surface area (Å²) < 4.78 is 41.1. The lowest BCUT2D eigenvalue weighted by atomic mass is 10.0. The molecular formula is C25H22F3N7O. The molecule has 184 valence electrons. The summed E-state index contributed by atoms with van der Waals surface area (Å²) in [4.78, 5) is 32.4. The molecule has 1 unspecified atom stereocenters. The molecule has 3 heterocycles. The summed E-state index contributed by atoms with van der Waals surface area (Å²) in [7, 11) is 0. The number of benzene rings is 1. The first-order valence-corrected chi connectivity index (χ1v) is 11.4. The fraction of sp³-hybridized carbons (Fsp3) is 0.280. The van der Waals surface area contributed by atoms with E-state index in [2.05, 4.69) is 25.0 Å². The van der Waals surface area contributed by atoms with E-state index >= 15 is 0 Å². The van der Waals surface area contributed by atoms with Crippen LogP contribution in [0.4, 0.5) is 13.2 Å². The molecule has 1 amide bonds. The number of alkyl halides is 3. The topological polar surface area (TPSA) is 89.7 Å². The molecule has 8 nitrogen and oxygen atoms in total. The average Bonchev–Trinajstić information content (AvgIpc) is 3.59. The van der Waals surface area contributed by atoms with Crippen molar-refractivity contribution in [2.75, 3.05) is 6.54 Å². The number of hydrogen-bond donors (Lipinski definition) is 0. The number of rotatable bonds is 7. The van der Waals surface area contributed by atoms with E-state index in [4.69, 9.17) is 0 Å². The van der Waals surface area contributed by atoms with Crippen LogP contribution in [0.25, 0.3) is 17.1 Å². The molecule has 0 spiro atoms. The second-order valence-electron chi connectivity index (χ2n) is 8.70. The van der Waals surface area contributed by atoms with Gasteiger partial charge in [0.2, 0.25) is 0 Å².